The molecule has 2 atom stereocenters. The number of aliphatic carboxylic acids is 1. The third-order valence-electron chi connectivity index (χ3n) is 5.50. The Morgan fingerprint density at radius 3 is 2.88 bits per heavy atom. The maximum atomic E-state index is 12.0. The molecule has 138 valence electrons. The Bertz CT molecular complexity index is 895. The Labute approximate surface area is 149 Å². The zero-order valence-electron chi connectivity index (χ0n) is 14.4. The van der Waals surface area contributed by atoms with Gasteiger partial charge in [-0.1, -0.05) is 0 Å². The Hall–Kier alpha value is -2.68. The van der Waals surface area contributed by atoms with E-state index in [0.717, 1.165) is 0 Å². The van der Waals surface area contributed by atoms with Gasteiger partial charge in [-0.25, -0.2) is 14.8 Å². The van der Waals surface area contributed by atoms with Crippen molar-refractivity contribution in [2.75, 3.05) is 31.2 Å². The van der Waals surface area contributed by atoms with E-state index in [1.165, 1.54) is 12.3 Å². The fourth-order valence-electron chi connectivity index (χ4n) is 4.09. The number of carbonyl (C=O) groups is 2. The first kappa shape index (κ1) is 16.8. The van der Waals surface area contributed by atoms with Crippen LogP contribution >= 0.6 is 0 Å². The SMILES string of the molecule is CCn1c(N2C[C@@H]3CCOC[C@]3(C(=O)O)C2)nc2cc(C(=O)O)cnc21. The van der Waals surface area contributed by atoms with Gasteiger partial charge in [0.15, 0.2) is 5.65 Å². The third kappa shape index (κ3) is 2.34. The van der Waals surface area contributed by atoms with Gasteiger partial charge in [-0.3, -0.25) is 9.36 Å². The lowest BCUT2D eigenvalue weighted by Gasteiger charge is -2.33. The number of aromatic carboxylic acids is 1. The van der Waals surface area contributed by atoms with Gasteiger partial charge in [0.25, 0.3) is 0 Å². The van der Waals surface area contributed by atoms with Crippen molar-refractivity contribution in [3.8, 4) is 0 Å². The highest BCUT2D eigenvalue weighted by Crippen LogP contribution is 2.43. The summed E-state index contributed by atoms with van der Waals surface area (Å²) in [6, 6.07) is 1.50. The minimum atomic E-state index is -1.05. The minimum absolute atomic E-state index is 0.00130. The number of imidazole rings is 1. The Kier molecular flexibility index (Phi) is 3.83. The van der Waals surface area contributed by atoms with Crippen LogP contribution in [-0.2, 0) is 16.1 Å². The Morgan fingerprint density at radius 2 is 2.23 bits per heavy atom. The molecule has 9 heteroatoms. The monoisotopic (exact) mass is 360 g/mol. The summed E-state index contributed by atoms with van der Waals surface area (Å²) in [6.45, 7) is 4.24. The average molecular weight is 360 g/mol. The summed E-state index contributed by atoms with van der Waals surface area (Å²) in [7, 11) is 0. The van der Waals surface area contributed by atoms with E-state index < -0.39 is 17.4 Å². The van der Waals surface area contributed by atoms with Crippen LogP contribution in [0.1, 0.15) is 23.7 Å². The number of carboxylic acids is 2. The van der Waals surface area contributed by atoms with Gasteiger partial charge in [0.1, 0.15) is 10.9 Å². The molecule has 0 unspecified atom stereocenters. The second-order valence-corrected chi connectivity index (χ2v) is 6.91. The van der Waals surface area contributed by atoms with Gasteiger partial charge in [0.2, 0.25) is 5.95 Å². The van der Waals surface area contributed by atoms with Crippen molar-refractivity contribution in [1.29, 1.82) is 0 Å². The second-order valence-electron chi connectivity index (χ2n) is 6.91. The maximum Gasteiger partial charge on any atom is 0.337 e. The predicted octanol–water partition coefficient (Wildman–Crippen LogP) is 1.08. The molecule has 0 aliphatic carbocycles. The number of aryl methyl sites for hydroxylation is 1. The summed E-state index contributed by atoms with van der Waals surface area (Å²) >= 11 is 0. The second kappa shape index (κ2) is 5.94. The smallest absolute Gasteiger partial charge is 0.337 e. The highest BCUT2D eigenvalue weighted by molar-refractivity contribution is 5.91. The highest BCUT2D eigenvalue weighted by atomic mass is 16.5. The molecule has 2 saturated heterocycles. The van der Waals surface area contributed by atoms with Crippen LogP contribution in [0.25, 0.3) is 11.2 Å². The molecule has 0 saturated carbocycles. The van der Waals surface area contributed by atoms with Crippen molar-refractivity contribution < 1.29 is 24.5 Å². The topological polar surface area (TPSA) is 118 Å². The van der Waals surface area contributed by atoms with Gasteiger partial charge in [0.05, 0.1) is 12.2 Å². The van der Waals surface area contributed by atoms with E-state index in [2.05, 4.69) is 9.97 Å². The van der Waals surface area contributed by atoms with Gasteiger partial charge in [0, 0.05) is 32.4 Å². The highest BCUT2D eigenvalue weighted by Gasteiger charge is 2.55. The van der Waals surface area contributed by atoms with Gasteiger partial charge < -0.3 is 19.8 Å². The molecule has 0 aromatic carbocycles. The quantitative estimate of drug-likeness (QED) is 0.831. The summed E-state index contributed by atoms with van der Waals surface area (Å²) in [5.74, 6) is -1.26. The van der Waals surface area contributed by atoms with Crippen LogP contribution in [-0.4, -0.2) is 63.0 Å². The summed E-state index contributed by atoms with van der Waals surface area (Å²) in [6.07, 6.45) is 2.02. The molecule has 4 heterocycles. The number of rotatable bonds is 4. The van der Waals surface area contributed by atoms with Crippen molar-refractivity contribution in [3.63, 3.8) is 0 Å². The molecule has 2 fully saturated rings. The van der Waals surface area contributed by atoms with E-state index >= 15 is 0 Å². The molecule has 2 aliphatic heterocycles. The van der Waals surface area contributed by atoms with E-state index in [9.17, 15) is 14.7 Å². The zero-order chi connectivity index (χ0) is 18.5. The number of fused-ring (bicyclic) bond motifs is 2. The zero-order valence-corrected chi connectivity index (χ0v) is 14.4. The van der Waals surface area contributed by atoms with E-state index in [1.54, 1.807) is 0 Å². The number of hydrogen-bond donors (Lipinski definition) is 2. The summed E-state index contributed by atoms with van der Waals surface area (Å²) in [5, 5.41) is 19.0. The maximum absolute atomic E-state index is 12.0. The summed E-state index contributed by atoms with van der Waals surface area (Å²) in [5.41, 5.74) is 0.254. The van der Waals surface area contributed by atoms with Crippen molar-refractivity contribution in [1.82, 2.24) is 14.5 Å². The molecule has 0 radical (unpaired) electrons. The normalized spacial score (nSPS) is 25.4. The van der Waals surface area contributed by atoms with Crippen molar-refractivity contribution in [2.45, 2.75) is 19.9 Å². The van der Waals surface area contributed by atoms with Crippen LogP contribution < -0.4 is 4.90 Å². The van der Waals surface area contributed by atoms with Crippen LogP contribution in [0.3, 0.4) is 0 Å². The molecular weight excluding hydrogens is 340 g/mol. The van der Waals surface area contributed by atoms with Crippen molar-refractivity contribution in [2.24, 2.45) is 11.3 Å². The van der Waals surface area contributed by atoms with E-state index in [4.69, 9.17) is 9.84 Å². The van der Waals surface area contributed by atoms with Crippen LogP contribution in [0.15, 0.2) is 12.3 Å². The molecule has 0 bridgehead atoms. The number of carboxylic acid groups (broad SMARTS) is 2. The van der Waals surface area contributed by atoms with E-state index in [1.807, 2.05) is 16.4 Å². The number of nitrogens with zero attached hydrogens (tertiary/aromatic N) is 4. The van der Waals surface area contributed by atoms with Crippen LogP contribution in [0, 0.1) is 11.3 Å². The van der Waals surface area contributed by atoms with Crippen molar-refractivity contribution >= 4 is 29.1 Å². The first-order chi connectivity index (χ1) is 12.5. The molecule has 4 rings (SSSR count). The number of aromatic nitrogens is 3. The lowest BCUT2D eigenvalue weighted by molar-refractivity contribution is -0.159. The molecule has 2 aliphatic rings. The molecular formula is C17H20N4O5. The summed E-state index contributed by atoms with van der Waals surface area (Å²) < 4.78 is 7.38. The molecule has 0 spiro atoms. The Balaban J connectivity index is 1.77. The third-order valence-corrected chi connectivity index (χ3v) is 5.50. The summed E-state index contributed by atoms with van der Waals surface area (Å²) in [4.78, 5) is 34.0. The van der Waals surface area contributed by atoms with Gasteiger partial charge in [-0.2, -0.15) is 0 Å². The van der Waals surface area contributed by atoms with E-state index in [-0.39, 0.29) is 18.1 Å². The van der Waals surface area contributed by atoms with Gasteiger partial charge >= 0.3 is 11.9 Å². The van der Waals surface area contributed by atoms with E-state index in [0.29, 0.717) is 49.8 Å². The lowest BCUT2D eigenvalue weighted by Crippen LogP contribution is -2.46. The Morgan fingerprint density at radius 1 is 1.42 bits per heavy atom. The number of anilines is 1. The number of hydrogen-bond acceptors (Lipinski definition) is 6. The molecule has 2 N–H and O–H groups in total. The predicted molar refractivity (Wildman–Crippen MR) is 91.4 cm³/mol. The number of ether oxygens (including phenoxy) is 1. The largest absolute Gasteiger partial charge is 0.481 e. The molecule has 26 heavy (non-hydrogen) atoms. The van der Waals surface area contributed by atoms with Gasteiger partial charge in [-0.15, -0.1) is 0 Å². The van der Waals surface area contributed by atoms with Crippen LogP contribution in [0.5, 0.6) is 0 Å². The molecule has 2 aromatic heterocycles. The fourth-order valence-corrected chi connectivity index (χ4v) is 4.09. The minimum Gasteiger partial charge on any atom is -0.481 e. The average Bonchev–Trinajstić information content (AvgIpc) is 3.19. The fraction of sp³-hybridized carbons (Fsp3) is 0.529. The first-order valence-electron chi connectivity index (χ1n) is 8.62. The number of pyridine rings is 1. The van der Waals surface area contributed by atoms with Crippen LogP contribution in [0.2, 0.25) is 0 Å². The molecule has 0 amide bonds. The van der Waals surface area contributed by atoms with Gasteiger partial charge in [-0.05, 0) is 25.3 Å². The lowest BCUT2D eigenvalue weighted by atomic mass is 9.76. The standard InChI is InChI=1S/C17H20N4O5/c1-2-21-13-12(5-10(6-18-13)14(22)23)19-16(21)20-7-11-3-4-26-9-17(11,8-20)15(24)25/h5-6,11H,2-4,7-9H2,1H3,(H,22,23)(H,24,25)/t11-,17+/m0/s1. The molecule has 2 aromatic rings. The first-order valence-corrected chi connectivity index (χ1v) is 8.62. The van der Waals surface area contributed by atoms with Crippen molar-refractivity contribution in [3.05, 3.63) is 17.8 Å². The van der Waals surface area contributed by atoms with Crippen LogP contribution in [0.4, 0.5) is 5.95 Å². The molecule has 9 nitrogen and oxygen atoms in total.